The van der Waals surface area contributed by atoms with Crippen LogP contribution in [0.4, 0.5) is 0 Å². The van der Waals surface area contributed by atoms with E-state index in [1.54, 1.807) is 0 Å². The molecule has 0 radical (unpaired) electrons. The molecule has 5 heteroatoms. The lowest BCUT2D eigenvalue weighted by atomic mass is 10.0. The molecule has 3 saturated heterocycles. The highest BCUT2D eigenvalue weighted by Crippen LogP contribution is 2.06. The van der Waals surface area contributed by atoms with Crippen molar-refractivity contribution in [2.24, 2.45) is 11.8 Å². The van der Waals surface area contributed by atoms with Crippen LogP contribution in [0, 0.1) is 11.8 Å². The van der Waals surface area contributed by atoms with Crippen molar-refractivity contribution in [1.29, 1.82) is 0 Å². The molecule has 130 valence electrons. The Hall–Kier alpha value is -0.200. The fourth-order valence-corrected chi connectivity index (χ4v) is 3.28. The summed E-state index contributed by atoms with van der Waals surface area (Å²) in [4.78, 5) is 7.53. The second kappa shape index (κ2) is 9.83. The number of nitrogens with one attached hydrogen (secondary N) is 2. The molecule has 5 nitrogen and oxygen atoms in total. The van der Waals surface area contributed by atoms with E-state index in [1.165, 1.54) is 78.5 Å². The fraction of sp³-hybridized carbons (Fsp3) is 1.00. The standard InChI is InChI=1S/C9H20N2.C8H17N3/c1-9(2)8-11-6-4-10(3)5-7-11;1-3-11(4-2-9-1)7-8-5-10-6-8/h9H,4-8H2,1-3H3;8-10H,1-7H2. The molecular formula is C17H37N5. The van der Waals surface area contributed by atoms with Crippen LogP contribution in [0.1, 0.15) is 13.8 Å². The van der Waals surface area contributed by atoms with Crippen LogP contribution in [0.25, 0.3) is 0 Å². The van der Waals surface area contributed by atoms with Gasteiger partial charge in [-0.25, -0.2) is 0 Å². The van der Waals surface area contributed by atoms with Crippen molar-refractivity contribution in [2.45, 2.75) is 13.8 Å². The van der Waals surface area contributed by atoms with Crippen molar-refractivity contribution in [3.05, 3.63) is 0 Å². The largest absolute Gasteiger partial charge is 0.316 e. The van der Waals surface area contributed by atoms with Gasteiger partial charge >= 0.3 is 0 Å². The monoisotopic (exact) mass is 311 g/mol. The number of hydrogen-bond donors (Lipinski definition) is 2. The summed E-state index contributed by atoms with van der Waals surface area (Å²) >= 11 is 0. The van der Waals surface area contributed by atoms with Gasteiger partial charge in [-0.1, -0.05) is 13.8 Å². The third-order valence-electron chi connectivity index (χ3n) is 4.81. The molecule has 0 aromatic rings. The van der Waals surface area contributed by atoms with E-state index < -0.39 is 0 Å². The lowest BCUT2D eigenvalue weighted by Gasteiger charge is -2.35. The second-order valence-corrected chi connectivity index (χ2v) is 7.57. The fourth-order valence-electron chi connectivity index (χ4n) is 3.28. The summed E-state index contributed by atoms with van der Waals surface area (Å²) in [5.74, 6) is 1.76. The van der Waals surface area contributed by atoms with Gasteiger partial charge in [0.05, 0.1) is 0 Å². The van der Waals surface area contributed by atoms with Crippen LogP contribution in [-0.2, 0) is 0 Å². The summed E-state index contributed by atoms with van der Waals surface area (Å²) in [5.41, 5.74) is 0. The van der Waals surface area contributed by atoms with Gasteiger partial charge in [-0.15, -0.1) is 0 Å². The maximum atomic E-state index is 3.37. The molecule has 0 spiro atoms. The zero-order chi connectivity index (χ0) is 15.8. The van der Waals surface area contributed by atoms with Gasteiger partial charge in [-0.05, 0) is 18.9 Å². The SMILES string of the molecule is C1CN(CC2CNC2)CCN1.CC(C)CN1CCN(C)CC1. The van der Waals surface area contributed by atoms with Crippen LogP contribution in [0.5, 0.6) is 0 Å². The van der Waals surface area contributed by atoms with Crippen LogP contribution >= 0.6 is 0 Å². The average molecular weight is 312 g/mol. The van der Waals surface area contributed by atoms with E-state index >= 15 is 0 Å². The van der Waals surface area contributed by atoms with Gasteiger partial charge in [-0.3, -0.25) is 0 Å². The van der Waals surface area contributed by atoms with Gasteiger partial charge in [-0.2, -0.15) is 0 Å². The van der Waals surface area contributed by atoms with E-state index in [0.29, 0.717) is 0 Å². The molecule has 2 N–H and O–H groups in total. The number of likely N-dealkylation sites (N-methyl/N-ethyl adjacent to an activating group) is 1. The first-order valence-electron chi connectivity index (χ1n) is 9.18. The Kier molecular flexibility index (Phi) is 8.11. The normalized spacial score (nSPS) is 25.6. The Labute approximate surface area is 137 Å². The van der Waals surface area contributed by atoms with Crippen LogP contribution in [0.15, 0.2) is 0 Å². The molecule has 3 aliphatic rings. The van der Waals surface area contributed by atoms with Crippen molar-refractivity contribution < 1.29 is 0 Å². The number of hydrogen-bond acceptors (Lipinski definition) is 5. The molecule has 0 atom stereocenters. The summed E-state index contributed by atoms with van der Waals surface area (Å²) in [6.07, 6.45) is 0. The first-order valence-corrected chi connectivity index (χ1v) is 9.18. The minimum Gasteiger partial charge on any atom is -0.316 e. The summed E-state index contributed by atoms with van der Waals surface area (Å²) in [7, 11) is 2.20. The van der Waals surface area contributed by atoms with Gasteiger partial charge in [0, 0.05) is 78.5 Å². The molecular weight excluding hydrogens is 274 g/mol. The highest BCUT2D eigenvalue weighted by Gasteiger charge is 2.20. The molecule has 0 aliphatic carbocycles. The van der Waals surface area contributed by atoms with E-state index in [1.807, 2.05) is 0 Å². The summed E-state index contributed by atoms with van der Waals surface area (Å²) in [6.45, 7) is 19.5. The zero-order valence-corrected chi connectivity index (χ0v) is 15.0. The predicted octanol–water partition coefficient (Wildman–Crippen LogP) is 0.000800. The average Bonchev–Trinajstić information content (AvgIpc) is 2.47. The van der Waals surface area contributed by atoms with Gasteiger partial charge in [0.25, 0.3) is 0 Å². The topological polar surface area (TPSA) is 33.8 Å². The van der Waals surface area contributed by atoms with Crippen LogP contribution < -0.4 is 10.6 Å². The number of piperazine rings is 2. The zero-order valence-electron chi connectivity index (χ0n) is 15.0. The molecule has 0 bridgehead atoms. The Morgan fingerprint density at radius 2 is 1.50 bits per heavy atom. The van der Waals surface area contributed by atoms with Crippen molar-refractivity contribution in [3.63, 3.8) is 0 Å². The Morgan fingerprint density at radius 3 is 2.00 bits per heavy atom. The van der Waals surface area contributed by atoms with E-state index in [4.69, 9.17) is 0 Å². The van der Waals surface area contributed by atoms with E-state index in [-0.39, 0.29) is 0 Å². The first kappa shape index (κ1) is 18.1. The summed E-state index contributed by atoms with van der Waals surface area (Å²) < 4.78 is 0. The Morgan fingerprint density at radius 1 is 0.864 bits per heavy atom. The van der Waals surface area contributed by atoms with E-state index in [0.717, 1.165) is 11.8 Å². The molecule has 22 heavy (non-hydrogen) atoms. The molecule has 0 aromatic carbocycles. The maximum absolute atomic E-state index is 3.37. The highest BCUT2D eigenvalue weighted by atomic mass is 15.2. The van der Waals surface area contributed by atoms with Crippen molar-refractivity contribution in [3.8, 4) is 0 Å². The van der Waals surface area contributed by atoms with E-state index in [2.05, 4.69) is 46.2 Å². The van der Waals surface area contributed by atoms with Gasteiger partial charge in [0.2, 0.25) is 0 Å². The molecule has 0 unspecified atom stereocenters. The predicted molar refractivity (Wildman–Crippen MR) is 94.4 cm³/mol. The van der Waals surface area contributed by atoms with Crippen molar-refractivity contribution in [2.75, 3.05) is 85.6 Å². The highest BCUT2D eigenvalue weighted by molar-refractivity contribution is 4.79. The van der Waals surface area contributed by atoms with Gasteiger partial charge in [0.15, 0.2) is 0 Å². The molecule has 3 heterocycles. The number of rotatable bonds is 4. The molecule has 0 amide bonds. The molecule has 0 aromatic heterocycles. The van der Waals surface area contributed by atoms with Gasteiger partial charge in [0.1, 0.15) is 0 Å². The van der Waals surface area contributed by atoms with Crippen LogP contribution in [-0.4, -0.2) is 100 Å². The first-order chi connectivity index (χ1) is 10.6. The number of nitrogens with zero attached hydrogens (tertiary/aromatic N) is 3. The summed E-state index contributed by atoms with van der Waals surface area (Å²) in [5, 5.41) is 6.68. The van der Waals surface area contributed by atoms with Crippen LogP contribution in [0.2, 0.25) is 0 Å². The lowest BCUT2D eigenvalue weighted by molar-refractivity contribution is 0.141. The molecule has 0 saturated carbocycles. The molecule has 3 rings (SSSR count). The van der Waals surface area contributed by atoms with Crippen LogP contribution in [0.3, 0.4) is 0 Å². The minimum absolute atomic E-state index is 0.818. The van der Waals surface area contributed by atoms with Gasteiger partial charge < -0.3 is 25.3 Å². The molecule has 3 fully saturated rings. The summed E-state index contributed by atoms with van der Waals surface area (Å²) in [6, 6.07) is 0. The van der Waals surface area contributed by atoms with Crippen molar-refractivity contribution in [1.82, 2.24) is 25.3 Å². The van der Waals surface area contributed by atoms with Crippen molar-refractivity contribution >= 4 is 0 Å². The Bertz CT molecular complexity index is 279. The third kappa shape index (κ3) is 6.92. The minimum atomic E-state index is 0.818. The lowest BCUT2D eigenvalue weighted by Crippen LogP contribution is -2.52. The molecule has 3 aliphatic heterocycles. The second-order valence-electron chi connectivity index (χ2n) is 7.57. The quantitative estimate of drug-likeness (QED) is 0.764. The maximum Gasteiger partial charge on any atom is 0.0110 e. The third-order valence-corrected chi connectivity index (χ3v) is 4.81. The smallest absolute Gasteiger partial charge is 0.0110 e. The van der Waals surface area contributed by atoms with E-state index in [9.17, 15) is 0 Å². The Balaban J connectivity index is 0.000000160.